The van der Waals surface area contributed by atoms with Gasteiger partial charge < -0.3 is 9.64 Å². The van der Waals surface area contributed by atoms with Crippen molar-refractivity contribution in [3.05, 3.63) is 5.82 Å². The van der Waals surface area contributed by atoms with Crippen LogP contribution in [0.25, 0.3) is 0 Å². The van der Waals surface area contributed by atoms with Gasteiger partial charge in [0.2, 0.25) is 5.13 Å². The van der Waals surface area contributed by atoms with Crippen LogP contribution in [0.5, 0.6) is 0 Å². The Morgan fingerprint density at radius 2 is 2.53 bits per heavy atom. The molecule has 1 atom stereocenters. The molecule has 84 valence electrons. The van der Waals surface area contributed by atoms with Gasteiger partial charge in [-0.1, -0.05) is 22.9 Å². The topological polar surface area (TPSA) is 38.2 Å². The van der Waals surface area contributed by atoms with Crippen LogP contribution in [0.2, 0.25) is 0 Å². The Morgan fingerprint density at radius 3 is 3.20 bits per heavy atom. The third kappa shape index (κ3) is 2.68. The number of morpholine rings is 1. The molecule has 1 aromatic rings. The Bertz CT molecular complexity index is 320. The summed E-state index contributed by atoms with van der Waals surface area (Å²) in [5, 5.41) is 1.91. The highest BCUT2D eigenvalue weighted by Gasteiger charge is 2.21. The van der Waals surface area contributed by atoms with Gasteiger partial charge in [-0.15, -0.1) is 0 Å². The first kappa shape index (κ1) is 11.3. The van der Waals surface area contributed by atoms with E-state index in [1.807, 2.05) is 0 Å². The van der Waals surface area contributed by atoms with Crippen LogP contribution < -0.4 is 4.90 Å². The predicted octanol–water partition coefficient (Wildman–Crippen LogP) is 1.70. The number of nitrogens with zero attached hydrogens (tertiary/aromatic N) is 3. The first-order valence-electron chi connectivity index (χ1n) is 5.08. The monoisotopic (exact) mass is 291 g/mol. The molecule has 4 nitrogen and oxygen atoms in total. The van der Waals surface area contributed by atoms with Gasteiger partial charge in [0.05, 0.1) is 12.7 Å². The first-order valence-corrected chi connectivity index (χ1v) is 6.98. The molecule has 1 saturated heterocycles. The molecule has 0 amide bonds. The van der Waals surface area contributed by atoms with E-state index in [-0.39, 0.29) is 6.10 Å². The smallest absolute Gasteiger partial charge is 0.205 e. The van der Waals surface area contributed by atoms with Crippen LogP contribution in [0.3, 0.4) is 0 Å². The minimum absolute atomic E-state index is 0.271. The van der Waals surface area contributed by atoms with Crippen molar-refractivity contribution in [2.24, 2.45) is 0 Å². The van der Waals surface area contributed by atoms with Gasteiger partial charge in [-0.2, -0.15) is 4.37 Å². The summed E-state index contributed by atoms with van der Waals surface area (Å²) < 4.78 is 9.88. The lowest BCUT2D eigenvalue weighted by atomic mass is 10.3. The average Bonchev–Trinajstić information content (AvgIpc) is 2.78. The SMILES string of the molecule is CCc1nsc(N2CCOC(CBr)C2)n1. The van der Waals surface area contributed by atoms with E-state index in [0.29, 0.717) is 0 Å². The van der Waals surface area contributed by atoms with E-state index < -0.39 is 0 Å². The van der Waals surface area contributed by atoms with Crippen LogP contribution in [0, 0.1) is 0 Å². The Balaban J connectivity index is 2.03. The maximum absolute atomic E-state index is 5.58. The Kier molecular flexibility index (Phi) is 3.93. The van der Waals surface area contributed by atoms with Crippen molar-refractivity contribution >= 4 is 32.6 Å². The van der Waals surface area contributed by atoms with Crippen molar-refractivity contribution in [2.45, 2.75) is 19.4 Å². The molecule has 1 aromatic heterocycles. The molecule has 0 bridgehead atoms. The van der Waals surface area contributed by atoms with E-state index >= 15 is 0 Å². The third-order valence-electron chi connectivity index (χ3n) is 2.35. The molecule has 6 heteroatoms. The van der Waals surface area contributed by atoms with Gasteiger partial charge in [-0.25, -0.2) is 4.98 Å². The fourth-order valence-corrected chi connectivity index (χ4v) is 2.68. The number of rotatable bonds is 3. The Morgan fingerprint density at radius 1 is 1.67 bits per heavy atom. The number of aromatic nitrogens is 2. The predicted molar refractivity (Wildman–Crippen MR) is 65.0 cm³/mol. The highest BCUT2D eigenvalue weighted by Crippen LogP contribution is 2.20. The molecule has 0 aliphatic carbocycles. The molecule has 2 heterocycles. The van der Waals surface area contributed by atoms with Crippen molar-refractivity contribution < 1.29 is 4.74 Å². The zero-order valence-electron chi connectivity index (χ0n) is 8.65. The van der Waals surface area contributed by atoms with Crippen LogP contribution in [0.4, 0.5) is 5.13 Å². The highest BCUT2D eigenvalue weighted by molar-refractivity contribution is 9.09. The van der Waals surface area contributed by atoms with Crippen molar-refractivity contribution in [3.8, 4) is 0 Å². The van der Waals surface area contributed by atoms with Crippen LogP contribution >= 0.6 is 27.5 Å². The van der Waals surface area contributed by atoms with Gasteiger partial charge >= 0.3 is 0 Å². The van der Waals surface area contributed by atoms with Gasteiger partial charge in [0, 0.05) is 36.4 Å². The van der Waals surface area contributed by atoms with Crippen molar-refractivity contribution in [3.63, 3.8) is 0 Å². The second-order valence-corrected chi connectivity index (χ2v) is 4.82. The number of halogens is 1. The van der Waals surface area contributed by atoms with E-state index in [2.05, 4.69) is 37.1 Å². The summed E-state index contributed by atoms with van der Waals surface area (Å²) in [6.45, 7) is 4.68. The molecule has 0 aromatic carbocycles. The summed E-state index contributed by atoms with van der Waals surface area (Å²) in [5.41, 5.74) is 0. The first-order chi connectivity index (χ1) is 7.33. The van der Waals surface area contributed by atoms with E-state index in [4.69, 9.17) is 4.74 Å². The number of hydrogen-bond acceptors (Lipinski definition) is 5. The van der Waals surface area contributed by atoms with Gasteiger partial charge in [0.15, 0.2) is 0 Å². The van der Waals surface area contributed by atoms with Crippen LogP contribution in [-0.2, 0) is 11.2 Å². The molecule has 15 heavy (non-hydrogen) atoms. The molecular formula is C9H14BrN3OS. The van der Waals surface area contributed by atoms with Crippen molar-refractivity contribution in [1.29, 1.82) is 0 Å². The lowest BCUT2D eigenvalue weighted by Gasteiger charge is -2.31. The number of anilines is 1. The number of ether oxygens (including phenoxy) is 1. The standard InChI is InChI=1S/C9H14BrN3OS/c1-2-8-11-9(15-12-8)13-3-4-14-7(5-10)6-13/h7H,2-6H2,1H3. The van der Waals surface area contributed by atoms with Crippen molar-refractivity contribution in [1.82, 2.24) is 9.36 Å². The molecule has 0 spiro atoms. The Labute approximate surface area is 102 Å². The summed E-state index contributed by atoms with van der Waals surface area (Å²) in [6, 6.07) is 0. The van der Waals surface area contributed by atoms with Gasteiger partial charge in [-0.05, 0) is 0 Å². The molecule has 0 saturated carbocycles. The lowest BCUT2D eigenvalue weighted by molar-refractivity contribution is 0.0571. The van der Waals surface area contributed by atoms with E-state index in [1.165, 1.54) is 11.5 Å². The average molecular weight is 292 g/mol. The summed E-state index contributed by atoms with van der Waals surface area (Å²) in [7, 11) is 0. The van der Waals surface area contributed by atoms with Gasteiger partial charge in [-0.3, -0.25) is 0 Å². The zero-order valence-corrected chi connectivity index (χ0v) is 11.1. The number of aryl methyl sites for hydroxylation is 1. The number of alkyl halides is 1. The molecule has 1 unspecified atom stereocenters. The fraction of sp³-hybridized carbons (Fsp3) is 0.778. The fourth-order valence-electron chi connectivity index (χ4n) is 1.50. The molecule has 1 aliphatic rings. The minimum Gasteiger partial charge on any atom is -0.374 e. The van der Waals surface area contributed by atoms with E-state index in [9.17, 15) is 0 Å². The quantitative estimate of drug-likeness (QED) is 0.795. The van der Waals surface area contributed by atoms with E-state index in [1.54, 1.807) is 0 Å². The number of hydrogen-bond donors (Lipinski definition) is 0. The summed E-state index contributed by atoms with van der Waals surface area (Å²) in [6.07, 6.45) is 1.18. The molecule has 2 rings (SSSR count). The lowest BCUT2D eigenvalue weighted by Crippen LogP contribution is -2.43. The Hall–Kier alpha value is -0.200. The maximum atomic E-state index is 5.58. The summed E-state index contributed by atoms with van der Waals surface area (Å²) >= 11 is 4.93. The highest BCUT2D eigenvalue weighted by atomic mass is 79.9. The van der Waals surface area contributed by atoms with Gasteiger partial charge in [0.1, 0.15) is 5.82 Å². The zero-order chi connectivity index (χ0) is 10.7. The molecule has 1 aliphatic heterocycles. The summed E-state index contributed by atoms with van der Waals surface area (Å²) in [5.74, 6) is 0.942. The van der Waals surface area contributed by atoms with Crippen LogP contribution in [-0.4, -0.2) is 40.5 Å². The molecular weight excluding hydrogens is 278 g/mol. The molecule has 0 N–H and O–H groups in total. The third-order valence-corrected chi connectivity index (χ3v) is 3.89. The minimum atomic E-state index is 0.271. The molecule has 1 fully saturated rings. The van der Waals surface area contributed by atoms with Crippen molar-refractivity contribution in [2.75, 3.05) is 29.9 Å². The largest absolute Gasteiger partial charge is 0.374 e. The van der Waals surface area contributed by atoms with E-state index in [0.717, 1.165) is 42.4 Å². The second-order valence-electron chi connectivity index (χ2n) is 3.44. The normalized spacial score (nSPS) is 22.0. The van der Waals surface area contributed by atoms with Crippen LogP contribution in [0.1, 0.15) is 12.7 Å². The van der Waals surface area contributed by atoms with Gasteiger partial charge in [0.25, 0.3) is 0 Å². The second kappa shape index (κ2) is 5.23. The maximum Gasteiger partial charge on any atom is 0.205 e. The summed E-state index contributed by atoms with van der Waals surface area (Å²) in [4.78, 5) is 6.74. The van der Waals surface area contributed by atoms with Crippen LogP contribution in [0.15, 0.2) is 0 Å². The molecule has 0 radical (unpaired) electrons.